The minimum atomic E-state index is -0.414. The van der Waals surface area contributed by atoms with E-state index in [1.54, 1.807) is 42.7 Å². The highest BCUT2D eigenvalue weighted by atomic mass is 35.5. The molecule has 0 radical (unpaired) electrons. The quantitative estimate of drug-likeness (QED) is 0.466. The van der Waals surface area contributed by atoms with Crippen molar-refractivity contribution in [2.24, 2.45) is 0 Å². The number of benzene rings is 2. The second kappa shape index (κ2) is 8.06. The van der Waals surface area contributed by atoms with Gasteiger partial charge in [0.05, 0.1) is 25.5 Å². The number of anilines is 2. The van der Waals surface area contributed by atoms with Crippen molar-refractivity contribution in [2.75, 3.05) is 12.4 Å². The Morgan fingerprint density at radius 2 is 1.86 bits per heavy atom. The number of nitrogens with one attached hydrogen (secondary N) is 1. The lowest BCUT2D eigenvalue weighted by Crippen LogP contribution is -2.10. The number of imidazole rings is 1. The minimum absolute atomic E-state index is 0.402. The third-order valence-electron chi connectivity index (χ3n) is 4.34. The van der Waals surface area contributed by atoms with Crippen molar-refractivity contribution < 1.29 is 9.53 Å². The fraction of sp³-hybridized carbons (Fsp3) is 0.100. The van der Waals surface area contributed by atoms with Gasteiger partial charge in [-0.2, -0.15) is 0 Å². The zero-order valence-electron chi connectivity index (χ0n) is 15.3. The van der Waals surface area contributed by atoms with E-state index in [1.165, 1.54) is 13.4 Å². The second-order valence-corrected chi connectivity index (χ2v) is 6.98. The van der Waals surface area contributed by atoms with Gasteiger partial charge >= 0.3 is 5.97 Å². The van der Waals surface area contributed by atoms with E-state index in [2.05, 4.69) is 20.3 Å². The summed E-state index contributed by atoms with van der Waals surface area (Å²) in [5, 5.41) is 4.32. The summed E-state index contributed by atoms with van der Waals surface area (Å²) in [7, 11) is 1.34. The smallest absolute Gasteiger partial charge is 0.337 e. The summed E-state index contributed by atoms with van der Waals surface area (Å²) < 4.78 is 6.59. The lowest BCUT2D eigenvalue weighted by Gasteiger charge is -2.15. The van der Waals surface area contributed by atoms with Crippen LogP contribution in [0.5, 0.6) is 0 Å². The molecular weight excluding hydrogens is 413 g/mol. The molecule has 0 unspecified atom stereocenters. The lowest BCUT2D eigenvalue weighted by atomic mass is 10.2. The molecule has 0 fully saturated rings. The number of carbonyl (C=O) groups excluding carboxylic acids is 1. The highest BCUT2D eigenvalue weighted by Gasteiger charge is 2.19. The van der Waals surface area contributed by atoms with Crippen LogP contribution in [-0.2, 0) is 11.3 Å². The molecule has 1 N–H and O–H groups in total. The van der Waals surface area contributed by atoms with Crippen LogP contribution < -0.4 is 5.32 Å². The van der Waals surface area contributed by atoms with E-state index in [-0.39, 0.29) is 0 Å². The predicted molar refractivity (Wildman–Crippen MR) is 111 cm³/mol. The number of methoxy groups -OCH3 is 1. The topological polar surface area (TPSA) is 81.9 Å². The number of aromatic nitrogens is 4. The summed E-state index contributed by atoms with van der Waals surface area (Å²) in [4.78, 5) is 24.9. The molecule has 7 nitrogen and oxygen atoms in total. The summed E-state index contributed by atoms with van der Waals surface area (Å²) in [6.45, 7) is 0.402. The van der Waals surface area contributed by atoms with Crippen molar-refractivity contribution in [1.29, 1.82) is 0 Å². The first-order valence-corrected chi connectivity index (χ1v) is 9.36. The number of hydrogen-bond acceptors (Lipinski definition) is 6. The molecule has 2 aliphatic rings. The van der Waals surface area contributed by atoms with Gasteiger partial charge in [0.2, 0.25) is 0 Å². The van der Waals surface area contributed by atoms with Crippen molar-refractivity contribution in [3.63, 3.8) is 0 Å². The zero-order chi connectivity index (χ0) is 20.4. The zero-order valence-corrected chi connectivity index (χ0v) is 16.8. The average molecular weight is 428 g/mol. The van der Waals surface area contributed by atoms with E-state index in [0.29, 0.717) is 45.2 Å². The van der Waals surface area contributed by atoms with Crippen molar-refractivity contribution >= 4 is 40.7 Å². The van der Waals surface area contributed by atoms with Gasteiger partial charge in [0.1, 0.15) is 6.33 Å². The first-order valence-electron chi connectivity index (χ1n) is 8.61. The van der Waals surface area contributed by atoms with Crippen LogP contribution in [-0.4, -0.2) is 32.6 Å². The third kappa shape index (κ3) is 3.87. The molecule has 0 aromatic heterocycles. The van der Waals surface area contributed by atoms with Crippen LogP contribution in [0.25, 0.3) is 11.5 Å². The first-order chi connectivity index (χ1) is 14.1. The SMILES string of the molecule is COC(=O)c1cccc(Nc2ncn(Cc3c(Cl)cccc3Cl)c3ncnc2-3)c1. The van der Waals surface area contributed by atoms with Crippen LogP contribution in [0, 0.1) is 0 Å². The summed E-state index contributed by atoms with van der Waals surface area (Å²) in [6.07, 6.45) is 3.11. The number of ether oxygens (including phenoxy) is 1. The maximum absolute atomic E-state index is 11.7. The van der Waals surface area contributed by atoms with Crippen LogP contribution in [0.4, 0.5) is 11.5 Å². The standard InChI is InChI=1S/C20H15Cl2N5O2/c1-29-20(28)12-4-2-5-13(8-12)26-18-17-19(24-10-23-17)27(11-25-18)9-14-15(21)6-3-7-16(14)22/h2-8,10-11,26H,9H2,1H3. The molecule has 2 aliphatic heterocycles. The molecule has 2 aromatic rings. The van der Waals surface area contributed by atoms with Gasteiger partial charge in [0, 0.05) is 21.3 Å². The summed E-state index contributed by atoms with van der Waals surface area (Å²) in [5.74, 6) is 0.728. The summed E-state index contributed by atoms with van der Waals surface area (Å²) >= 11 is 12.6. The highest BCUT2D eigenvalue weighted by molar-refractivity contribution is 6.36. The predicted octanol–water partition coefficient (Wildman–Crippen LogP) is 4.66. The monoisotopic (exact) mass is 427 g/mol. The van der Waals surface area contributed by atoms with Crippen molar-refractivity contribution in [3.05, 3.63) is 76.3 Å². The number of nitrogens with zero attached hydrogens (tertiary/aromatic N) is 4. The van der Waals surface area contributed by atoms with Gasteiger partial charge in [-0.25, -0.2) is 19.7 Å². The molecule has 146 valence electrons. The number of rotatable bonds is 5. The molecule has 2 aromatic carbocycles. The largest absolute Gasteiger partial charge is 0.465 e. The Morgan fingerprint density at radius 1 is 1.10 bits per heavy atom. The Kier molecular flexibility index (Phi) is 5.33. The molecule has 0 amide bonds. The molecule has 0 saturated heterocycles. The Hall–Kier alpha value is -3.16. The molecular formula is C20H15Cl2N5O2. The normalized spacial score (nSPS) is 10.9. The lowest BCUT2D eigenvalue weighted by molar-refractivity contribution is 0.0601. The molecule has 0 atom stereocenters. The van der Waals surface area contributed by atoms with E-state index in [9.17, 15) is 4.79 Å². The van der Waals surface area contributed by atoms with E-state index < -0.39 is 5.97 Å². The van der Waals surface area contributed by atoms with Gasteiger partial charge in [-0.1, -0.05) is 35.3 Å². The van der Waals surface area contributed by atoms with E-state index in [1.807, 2.05) is 10.6 Å². The number of hydrogen-bond donors (Lipinski definition) is 1. The molecule has 4 rings (SSSR count). The van der Waals surface area contributed by atoms with Gasteiger partial charge in [0.25, 0.3) is 0 Å². The van der Waals surface area contributed by atoms with Gasteiger partial charge < -0.3 is 14.6 Å². The van der Waals surface area contributed by atoms with Crippen LogP contribution in [0.15, 0.2) is 55.1 Å². The van der Waals surface area contributed by atoms with Gasteiger partial charge in [-0.15, -0.1) is 0 Å². The fourth-order valence-electron chi connectivity index (χ4n) is 2.92. The third-order valence-corrected chi connectivity index (χ3v) is 5.05. The first kappa shape index (κ1) is 19.2. The van der Waals surface area contributed by atoms with Crippen molar-refractivity contribution in [2.45, 2.75) is 6.54 Å². The fourth-order valence-corrected chi connectivity index (χ4v) is 3.44. The molecule has 9 heteroatoms. The number of carbonyl (C=O) groups is 1. The van der Waals surface area contributed by atoms with Gasteiger partial charge in [0.15, 0.2) is 17.3 Å². The molecule has 29 heavy (non-hydrogen) atoms. The molecule has 0 spiro atoms. The van der Waals surface area contributed by atoms with Gasteiger partial charge in [-0.05, 0) is 30.3 Å². The summed E-state index contributed by atoms with van der Waals surface area (Å²) in [6, 6.07) is 12.3. The summed E-state index contributed by atoms with van der Waals surface area (Å²) in [5.41, 5.74) is 2.47. The van der Waals surface area contributed by atoms with Crippen molar-refractivity contribution in [1.82, 2.24) is 19.5 Å². The van der Waals surface area contributed by atoms with E-state index in [4.69, 9.17) is 27.9 Å². The Bertz CT molecular complexity index is 1140. The Balaban J connectivity index is 1.66. The Morgan fingerprint density at radius 3 is 2.62 bits per heavy atom. The molecule has 0 aliphatic carbocycles. The number of esters is 1. The second-order valence-electron chi connectivity index (χ2n) is 6.16. The molecule has 0 saturated carbocycles. The van der Waals surface area contributed by atoms with Crippen LogP contribution in [0.1, 0.15) is 15.9 Å². The number of halogens is 2. The van der Waals surface area contributed by atoms with Crippen molar-refractivity contribution in [3.8, 4) is 11.5 Å². The maximum Gasteiger partial charge on any atom is 0.337 e. The van der Waals surface area contributed by atoms with Gasteiger partial charge in [-0.3, -0.25) is 0 Å². The highest BCUT2D eigenvalue weighted by Crippen LogP contribution is 2.30. The van der Waals surface area contributed by atoms with Crippen LogP contribution >= 0.6 is 23.2 Å². The van der Waals surface area contributed by atoms with E-state index in [0.717, 1.165) is 5.56 Å². The Labute approximate surface area is 176 Å². The molecule has 2 heterocycles. The number of fused-ring (bicyclic) bond motifs is 1. The maximum atomic E-state index is 11.7. The van der Waals surface area contributed by atoms with Crippen LogP contribution in [0.2, 0.25) is 10.0 Å². The average Bonchev–Trinajstić information content (AvgIpc) is 3.22. The molecule has 0 bridgehead atoms. The minimum Gasteiger partial charge on any atom is -0.465 e. The van der Waals surface area contributed by atoms with E-state index >= 15 is 0 Å². The van der Waals surface area contributed by atoms with Crippen LogP contribution in [0.3, 0.4) is 0 Å².